The van der Waals surface area contributed by atoms with Crippen LogP contribution < -0.4 is 0 Å². The molecule has 0 amide bonds. The molecule has 19 nitrogen and oxygen atoms in total. The quantitative estimate of drug-likeness (QED) is 0.0446. The van der Waals surface area contributed by atoms with Crippen molar-refractivity contribution in [2.75, 3.05) is 106 Å². The molecule has 19 heteroatoms. The van der Waals surface area contributed by atoms with E-state index in [2.05, 4.69) is 41.5 Å². The van der Waals surface area contributed by atoms with E-state index in [1.54, 1.807) is 27.7 Å². The van der Waals surface area contributed by atoms with E-state index in [9.17, 15) is 4.79 Å². The molecule has 0 aromatic rings. The van der Waals surface area contributed by atoms with Gasteiger partial charge in [0.05, 0.1) is 0 Å². The molecule has 0 spiro atoms. The molecule has 0 aliphatic rings. The Morgan fingerprint density at radius 2 is 0.457 bits per heavy atom. The van der Waals surface area contributed by atoms with Crippen molar-refractivity contribution < 1.29 is 90.4 Å². The Hall–Kier alpha value is -1.21. The molecular weight excluding hydrogens is 1180 g/mol. The Balaban J connectivity index is 0. The second kappa shape index (κ2) is 53.7. The van der Waals surface area contributed by atoms with Crippen molar-refractivity contribution in [3.63, 3.8) is 0 Å². The van der Waals surface area contributed by atoms with Gasteiger partial charge in [-0.05, 0) is 148 Å². The van der Waals surface area contributed by atoms with E-state index in [1.807, 2.05) is 83.1 Å². The SMILES string of the molecule is CC(C)CCCCCCCCCCCC(=O)O.CCOC(CCCCCCC(C)C)(OCC)C(OCC)(OCC)C(OCC)(OCC)C(OCC)(OCC)OC(OCC)(OCC)C(OCC)(OCC)C(OCC)(OCC)C(CCCCCCC(C)C)(OCC)OCC. The van der Waals surface area contributed by atoms with Gasteiger partial charge in [-0.3, -0.25) is 9.53 Å². The fourth-order valence-corrected chi connectivity index (χ4v) is 12.5. The second-order valence-corrected chi connectivity index (χ2v) is 24.3. The van der Waals surface area contributed by atoms with Crippen molar-refractivity contribution in [2.45, 2.75) is 347 Å². The van der Waals surface area contributed by atoms with E-state index in [0.29, 0.717) is 31.1 Å². The molecule has 0 atom stereocenters. The number of ether oxygens (including phenoxy) is 17. The first-order valence-electron chi connectivity index (χ1n) is 37.3. The minimum atomic E-state index is -2.66. The van der Waals surface area contributed by atoms with Gasteiger partial charge in [-0.15, -0.1) is 0 Å². The van der Waals surface area contributed by atoms with Crippen molar-refractivity contribution in [3.05, 3.63) is 0 Å². The van der Waals surface area contributed by atoms with Gasteiger partial charge in [-0.25, -0.2) is 0 Å². The number of hydrogen-bond acceptors (Lipinski definition) is 18. The first-order valence-corrected chi connectivity index (χ1v) is 37.3. The van der Waals surface area contributed by atoms with Gasteiger partial charge in [0, 0.05) is 125 Å². The van der Waals surface area contributed by atoms with Crippen LogP contribution in [-0.4, -0.2) is 163 Å². The molecule has 0 unspecified atom stereocenters. The van der Waals surface area contributed by atoms with Crippen LogP contribution in [0.5, 0.6) is 0 Å². The van der Waals surface area contributed by atoms with Crippen LogP contribution in [0.15, 0.2) is 0 Å². The van der Waals surface area contributed by atoms with Gasteiger partial charge in [0.2, 0.25) is 11.6 Å². The summed E-state index contributed by atoms with van der Waals surface area (Å²) < 4.78 is 122. The summed E-state index contributed by atoms with van der Waals surface area (Å²) in [4.78, 5) is 10.3. The minimum absolute atomic E-state index is 0.0220. The maximum absolute atomic E-state index is 10.3. The average Bonchev–Trinajstić information content (AvgIpc) is 0.687. The summed E-state index contributed by atoms with van der Waals surface area (Å²) in [5.41, 5.74) is 0. The molecule has 1 N–H and O–H groups in total. The Kier molecular flexibility index (Phi) is 54.2. The minimum Gasteiger partial charge on any atom is -0.481 e. The maximum Gasteiger partial charge on any atom is 0.351 e. The summed E-state index contributed by atoms with van der Waals surface area (Å²) in [7, 11) is 0. The summed E-state index contributed by atoms with van der Waals surface area (Å²) >= 11 is 0. The van der Waals surface area contributed by atoms with Crippen LogP contribution in [0.25, 0.3) is 0 Å². The zero-order valence-electron chi connectivity index (χ0n) is 63.6. The largest absolute Gasteiger partial charge is 0.481 e. The number of rotatable bonds is 66. The van der Waals surface area contributed by atoms with Crippen molar-refractivity contribution >= 4 is 5.97 Å². The predicted molar refractivity (Wildman–Crippen MR) is 367 cm³/mol. The van der Waals surface area contributed by atoms with Crippen LogP contribution in [0.2, 0.25) is 0 Å². The number of carboxylic acids is 1. The van der Waals surface area contributed by atoms with E-state index in [1.165, 1.54) is 51.4 Å². The Labute approximate surface area is 564 Å². The molecule has 0 saturated heterocycles. The molecule has 0 saturated carbocycles. The fraction of sp³-hybridized carbons (Fsp3) is 0.986. The molecule has 0 aromatic carbocycles. The van der Waals surface area contributed by atoms with Crippen molar-refractivity contribution in [3.8, 4) is 0 Å². The Morgan fingerprint density at radius 1 is 0.261 bits per heavy atom. The van der Waals surface area contributed by atoms with Gasteiger partial charge < -0.3 is 80.9 Å². The average molecular weight is 1330 g/mol. The molecular formula is C73H148O19. The number of aliphatic carboxylic acids is 1. The number of hydrogen-bond donors (Lipinski definition) is 1. The molecule has 0 aliphatic heterocycles. The highest BCUT2D eigenvalue weighted by Crippen LogP contribution is 2.59. The zero-order chi connectivity index (χ0) is 69.9. The van der Waals surface area contributed by atoms with Gasteiger partial charge in [0.15, 0.2) is 0 Å². The van der Waals surface area contributed by atoms with Gasteiger partial charge in [-0.1, -0.05) is 151 Å². The number of unbranched alkanes of at least 4 members (excludes halogenated alkanes) is 14. The van der Waals surface area contributed by atoms with Crippen LogP contribution in [0.3, 0.4) is 0 Å². The molecule has 0 aromatic heterocycles. The maximum atomic E-state index is 10.3. The molecule has 0 aliphatic carbocycles. The van der Waals surface area contributed by atoms with Crippen LogP contribution in [-0.2, 0) is 85.3 Å². The lowest BCUT2D eigenvalue weighted by molar-refractivity contribution is -0.650. The van der Waals surface area contributed by atoms with E-state index in [4.69, 9.17) is 85.6 Å². The molecule has 0 radical (unpaired) electrons. The fourth-order valence-electron chi connectivity index (χ4n) is 12.5. The van der Waals surface area contributed by atoms with E-state index < -0.39 is 52.6 Å². The molecule has 0 fully saturated rings. The Bertz CT molecular complexity index is 1540. The summed E-state index contributed by atoms with van der Waals surface area (Å²) in [5.74, 6) is -16.9. The summed E-state index contributed by atoms with van der Waals surface area (Å²) in [6.07, 6.45) is 23.0. The van der Waals surface area contributed by atoms with Crippen molar-refractivity contribution in [1.82, 2.24) is 0 Å². The summed E-state index contributed by atoms with van der Waals surface area (Å²) in [6.45, 7) is 43.8. The van der Waals surface area contributed by atoms with E-state index in [0.717, 1.165) is 70.1 Å². The first-order chi connectivity index (χ1) is 44.1. The van der Waals surface area contributed by atoms with Crippen LogP contribution >= 0.6 is 0 Å². The third kappa shape index (κ3) is 27.8. The van der Waals surface area contributed by atoms with Crippen molar-refractivity contribution in [1.29, 1.82) is 0 Å². The number of carboxylic acid groups (broad SMARTS) is 1. The van der Waals surface area contributed by atoms with E-state index >= 15 is 0 Å². The lowest BCUT2D eigenvalue weighted by Crippen LogP contribution is -2.86. The molecule has 0 rings (SSSR count). The second-order valence-electron chi connectivity index (χ2n) is 24.3. The molecule has 92 heavy (non-hydrogen) atoms. The molecule has 554 valence electrons. The zero-order valence-corrected chi connectivity index (χ0v) is 63.6. The van der Waals surface area contributed by atoms with Crippen LogP contribution in [0, 0.1) is 17.8 Å². The van der Waals surface area contributed by atoms with E-state index in [-0.39, 0.29) is 119 Å². The van der Waals surface area contributed by atoms with Gasteiger partial charge in [-0.2, -0.15) is 0 Å². The van der Waals surface area contributed by atoms with Crippen LogP contribution in [0.1, 0.15) is 300 Å². The highest BCUT2D eigenvalue weighted by molar-refractivity contribution is 5.66. The highest BCUT2D eigenvalue weighted by Gasteiger charge is 2.86. The molecule has 0 bridgehead atoms. The topological polar surface area (TPSA) is 194 Å². The lowest BCUT2D eigenvalue weighted by Gasteiger charge is -2.63. The van der Waals surface area contributed by atoms with Crippen molar-refractivity contribution in [2.24, 2.45) is 17.8 Å². The third-order valence-corrected chi connectivity index (χ3v) is 15.8. The van der Waals surface area contributed by atoms with Gasteiger partial charge >= 0.3 is 29.5 Å². The highest BCUT2D eigenvalue weighted by atomic mass is 17.0. The summed E-state index contributed by atoms with van der Waals surface area (Å²) in [5, 5.41) is 8.48. The standard InChI is InChI=1S/C58H118O17.C15H30O2/c1-21-59-51(60-22-2,47-43-39-37-41-45-49(17)18)53(63-25-5,64-26-6)55(67-29-9,68-30-10)57(71-33-13,72-34-14)75-58(73-35-15,74-36-16)56(69-31-11,70-32-12)54(65-27-7,66-28-8)52(61-23-3,62-24-4)48-44-40-38-42-46-50(19)20;1-14(2)12-10-8-6-4-3-5-7-9-11-13-15(16)17/h49-50H,21-48H2,1-20H3;14H,3-13H2,1-2H3,(H,16,17). The smallest absolute Gasteiger partial charge is 0.351 e. The first kappa shape index (κ1) is 92.8. The Morgan fingerprint density at radius 3 is 0.663 bits per heavy atom. The van der Waals surface area contributed by atoms with Gasteiger partial charge in [0.25, 0.3) is 11.6 Å². The predicted octanol–water partition coefficient (Wildman–Crippen LogP) is 18.1. The third-order valence-electron chi connectivity index (χ3n) is 15.8. The van der Waals surface area contributed by atoms with Crippen LogP contribution in [0.4, 0.5) is 0 Å². The molecule has 0 heterocycles. The van der Waals surface area contributed by atoms with Gasteiger partial charge in [0.1, 0.15) is 0 Å². The number of carbonyl (C=O) groups is 1. The lowest BCUT2D eigenvalue weighted by atomic mass is 9.86. The summed E-state index contributed by atoms with van der Waals surface area (Å²) in [6, 6.07) is 0. The monoisotopic (exact) mass is 1330 g/mol. The normalized spacial score (nSPS) is 13.3.